The molecule has 9 nitrogen and oxygen atoms in total. The van der Waals surface area contributed by atoms with Crippen LogP contribution < -0.4 is 10.6 Å². The van der Waals surface area contributed by atoms with Gasteiger partial charge in [-0.15, -0.1) is 0 Å². The van der Waals surface area contributed by atoms with Crippen molar-refractivity contribution in [3.63, 3.8) is 0 Å². The molecule has 1 aromatic carbocycles. The zero-order valence-corrected chi connectivity index (χ0v) is 20.3. The first-order valence-corrected chi connectivity index (χ1v) is 13.0. The van der Waals surface area contributed by atoms with Crippen molar-refractivity contribution in [2.75, 3.05) is 45.8 Å². The van der Waals surface area contributed by atoms with E-state index in [0.717, 1.165) is 68.5 Å². The molecular formula is C26H35N5O4. The summed E-state index contributed by atoms with van der Waals surface area (Å²) in [6.45, 7) is 8.30. The van der Waals surface area contributed by atoms with Crippen LogP contribution in [0.1, 0.15) is 64.8 Å². The summed E-state index contributed by atoms with van der Waals surface area (Å²) in [5.74, 6) is -1.05. The third-order valence-electron chi connectivity index (χ3n) is 7.95. The van der Waals surface area contributed by atoms with E-state index in [4.69, 9.17) is 0 Å². The number of imide groups is 2. The van der Waals surface area contributed by atoms with Crippen molar-refractivity contribution in [2.45, 2.75) is 51.1 Å². The Morgan fingerprint density at radius 3 is 2.40 bits per heavy atom. The van der Waals surface area contributed by atoms with Crippen LogP contribution in [0.25, 0.3) is 0 Å². The Bertz CT molecular complexity index is 997. The van der Waals surface area contributed by atoms with Crippen LogP contribution in [0.4, 0.5) is 0 Å². The second kappa shape index (κ2) is 10.6. The molecule has 0 spiro atoms. The number of likely N-dealkylation sites (tertiary alicyclic amines) is 1. The van der Waals surface area contributed by atoms with E-state index in [1.54, 1.807) is 6.07 Å². The van der Waals surface area contributed by atoms with Gasteiger partial charge in [0.2, 0.25) is 11.8 Å². The molecule has 1 aromatic rings. The van der Waals surface area contributed by atoms with E-state index in [1.165, 1.54) is 19.4 Å². The lowest BCUT2D eigenvalue weighted by Gasteiger charge is -2.33. The molecular weight excluding hydrogens is 446 g/mol. The van der Waals surface area contributed by atoms with Gasteiger partial charge in [0.1, 0.15) is 6.04 Å². The molecule has 4 amide bonds. The maximum atomic E-state index is 13.3. The zero-order chi connectivity index (χ0) is 24.4. The zero-order valence-electron chi connectivity index (χ0n) is 20.3. The largest absolute Gasteiger partial charge is 0.314 e. The third kappa shape index (κ3) is 5.17. The molecule has 5 rings (SSSR count). The average molecular weight is 482 g/mol. The van der Waals surface area contributed by atoms with E-state index in [1.807, 2.05) is 12.1 Å². The number of piperazine rings is 1. The van der Waals surface area contributed by atoms with Crippen LogP contribution in [-0.2, 0) is 16.1 Å². The summed E-state index contributed by atoms with van der Waals surface area (Å²) < 4.78 is 0. The van der Waals surface area contributed by atoms with Crippen molar-refractivity contribution < 1.29 is 19.2 Å². The predicted molar refractivity (Wildman–Crippen MR) is 130 cm³/mol. The molecule has 2 N–H and O–H groups in total. The molecule has 4 aliphatic rings. The van der Waals surface area contributed by atoms with Crippen LogP contribution in [0.2, 0.25) is 0 Å². The highest BCUT2D eigenvalue weighted by molar-refractivity contribution is 6.24. The van der Waals surface area contributed by atoms with Gasteiger partial charge in [-0.2, -0.15) is 0 Å². The van der Waals surface area contributed by atoms with Crippen molar-refractivity contribution in [1.82, 2.24) is 25.3 Å². The first-order valence-electron chi connectivity index (χ1n) is 13.0. The van der Waals surface area contributed by atoms with Gasteiger partial charge in [-0.25, -0.2) is 0 Å². The summed E-state index contributed by atoms with van der Waals surface area (Å²) in [6, 6.07) is 4.47. The molecule has 0 radical (unpaired) electrons. The fourth-order valence-electron chi connectivity index (χ4n) is 5.93. The number of nitrogens with zero attached hydrogens (tertiary/aromatic N) is 3. The highest BCUT2D eigenvalue weighted by atomic mass is 16.2. The van der Waals surface area contributed by atoms with Crippen LogP contribution in [0.15, 0.2) is 18.2 Å². The van der Waals surface area contributed by atoms with Gasteiger partial charge in [0.25, 0.3) is 11.8 Å². The second-order valence-corrected chi connectivity index (χ2v) is 10.2. The van der Waals surface area contributed by atoms with Gasteiger partial charge >= 0.3 is 0 Å². The highest BCUT2D eigenvalue weighted by Gasteiger charge is 2.45. The molecule has 1 atom stereocenters. The van der Waals surface area contributed by atoms with Gasteiger partial charge in [-0.1, -0.05) is 12.1 Å². The Kier molecular flexibility index (Phi) is 7.27. The molecule has 0 aromatic heterocycles. The number of amides is 4. The SMILES string of the molecule is O=C1CCC(N2C(=O)c3cccc(CN4CCC(CCCN5CCNCC5)CC4)c3C2=O)C(=O)N1. The van der Waals surface area contributed by atoms with Crippen molar-refractivity contribution >= 4 is 23.6 Å². The summed E-state index contributed by atoms with van der Waals surface area (Å²) in [7, 11) is 0. The van der Waals surface area contributed by atoms with E-state index >= 15 is 0 Å². The molecule has 9 heteroatoms. The number of benzene rings is 1. The summed E-state index contributed by atoms with van der Waals surface area (Å²) in [6.07, 6.45) is 5.14. The maximum Gasteiger partial charge on any atom is 0.262 e. The Morgan fingerprint density at radius 1 is 0.886 bits per heavy atom. The fourth-order valence-corrected chi connectivity index (χ4v) is 5.93. The molecule has 3 fully saturated rings. The van der Waals surface area contributed by atoms with Gasteiger partial charge in [0, 0.05) is 39.1 Å². The minimum atomic E-state index is -0.926. The predicted octanol–water partition coefficient (Wildman–Crippen LogP) is 0.985. The number of fused-ring (bicyclic) bond motifs is 1. The lowest BCUT2D eigenvalue weighted by atomic mass is 9.91. The van der Waals surface area contributed by atoms with E-state index in [0.29, 0.717) is 17.7 Å². The lowest BCUT2D eigenvalue weighted by molar-refractivity contribution is -0.136. The normalized spacial score (nSPS) is 24.7. The minimum Gasteiger partial charge on any atom is -0.314 e. The molecule has 188 valence electrons. The molecule has 1 unspecified atom stereocenters. The summed E-state index contributed by atoms with van der Waals surface area (Å²) in [5.41, 5.74) is 1.62. The van der Waals surface area contributed by atoms with E-state index in [-0.39, 0.29) is 18.7 Å². The maximum absolute atomic E-state index is 13.3. The van der Waals surface area contributed by atoms with E-state index in [2.05, 4.69) is 20.4 Å². The molecule has 3 saturated heterocycles. The first-order chi connectivity index (χ1) is 17.0. The number of nitrogens with one attached hydrogen (secondary N) is 2. The average Bonchev–Trinajstić information content (AvgIpc) is 3.12. The van der Waals surface area contributed by atoms with Gasteiger partial charge < -0.3 is 10.2 Å². The smallest absolute Gasteiger partial charge is 0.262 e. The molecule has 35 heavy (non-hydrogen) atoms. The van der Waals surface area contributed by atoms with Gasteiger partial charge in [0.05, 0.1) is 11.1 Å². The van der Waals surface area contributed by atoms with Gasteiger partial charge in [-0.3, -0.25) is 34.3 Å². The van der Waals surface area contributed by atoms with E-state index < -0.39 is 23.8 Å². The Morgan fingerprint density at radius 2 is 1.66 bits per heavy atom. The number of carbonyl (C=O) groups is 4. The van der Waals surface area contributed by atoms with Crippen LogP contribution >= 0.6 is 0 Å². The molecule has 0 bridgehead atoms. The Labute approximate surface area is 206 Å². The number of hydrogen-bond acceptors (Lipinski definition) is 7. The van der Waals surface area contributed by atoms with Crippen molar-refractivity contribution in [2.24, 2.45) is 5.92 Å². The molecule has 4 heterocycles. The Hall–Kier alpha value is -2.62. The number of hydrogen-bond donors (Lipinski definition) is 2. The minimum absolute atomic E-state index is 0.126. The monoisotopic (exact) mass is 481 g/mol. The molecule has 0 saturated carbocycles. The van der Waals surface area contributed by atoms with Crippen LogP contribution in [0.3, 0.4) is 0 Å². The van der Waals surface area contributed by atoms with Gasteiger partial charge in [-0.05, 0) is 69.3 Å². The summed E-state index contributed by atoms with van der Waals surface area (Å²) >= 11 is 0. The van der Waals surface area contributed by atoms with E-state index in [9.17, 15) is 19.2 Å². The summed E-state index contributed by atoms with van der Waals surface area (Å²) in [5, 5.41) is 5.66. The molecule has 0 aliphatic carbocycles. The molecule has 4 aliphatic heterocycles. The second-order valence-electron chi connectivity index (χ2n) is 10.2. The highest BCUT2D eigenvalue weighted by Crippen LogP contribution is 2.31. The third-order valence-corrected chi connectivity index (χ3v) is 7.95. The lowest BCUT2D eigenvalue weighted by Crippen LogP contribution is -2.54. The van der Waals surface area contributed by atoms with Crippen molar-refractivity contribution in [1.29, 1.82) is 0 Å². The number of piperidine rings is 2. The number of rotatable bonds is 7. The van der Waals surface area contributed by atoms with Gasteiger partial charge in [0.15, 0.2) is 0 Å². The number of carbonyl (C=O) groups excluding carboxylic acids is 4. The van der Waals surface area contributed by atoms with Crippen LogP contribution in [0, 0.1) is 5.92 Å². The fraction of sp³-hybridized carbons (Fsp3) is 0.615. The quantitative estimate of drug-likeness (QED) is 0.560. The van der Waals surface area contributed by atoms with Crippen LogP contribution in [-0.4, -0.2) is 90.2 Å². The Balaban J connectivity index is 1.17. The summed E-state index contributed by atoms with van der Waals surface area (Å²) in [4.78, 5) is 56.2. The standard InChI is InChI=1S/C26H35N5O4/c32-22-7-6-21(24(33)28-22)31-25(34)20-5-1-4-19(23(20)26(31)35)17-30-13-8-18(9-14-30)3-2-12-29-15-10-27-11-16-29/h1,4-5,18,21,27H,2-3,6-17H2,(H,28,32,33). The topological polar surface area (TPSA) is 102 Å². The van der Waals surface area contributed by atoms with Crippen LogP contribution in [0.5, 0.6) is 0 Å². The van der Waals surface area contributed by atoms with Crippen molar-refractivity contribution in [3.8, 4) is 0 Å². The first kappa shape index (κ1) is 24.1. The van der Waals surface area contributed by atoms with Crippen molar-refractivity contribution in [3.05, 3.63) is 34.9 Å².